The van der Waals surface area contributed by atoms with Gasteiger partial charge in [0.05, 0.1) is 30.7 Å². The summed E-state index contributed by atoms with van der Waals surface area (Å²) in [7, 11) is 0. The van der Waals surface area contributed by atoms with Gasteiger partial charge in [0.1, 0.15) is 11.9 Å². The molecule has 1 aromatic rings. The fourth-order valence-electron chi connectivity index (χ4n) is 3.01. The second-order valence-electron chi connectivity index (χ2n) is 5.82. The van der Waals surface area contributed by atoms with Gasteiger partial charge in [-0.3, -0.25) is 4.98 Å². The first-order valence-corrected chi connectivity index (χ1v) is 8.04. The third-order valence-corrected chi connectivity index (χ3v) is 4.37. The zero-order valence-corrected chi connectivity index (χ0v) is 13.4. The van der Waals surface area contributed by atoms with E-state index < -0.39 is 5.82 Å². The fourth-order valence-corrected chi connectivity index (χ4v) is 3.01. The molecule has 1 aromatic heterocycles. The number of carbonyl (C=O) groups is 1. The first kappa shape index (κ1) is 16.4. The molecule has 0 spiro atoms. The van der Waals surface area contributed by atoms with Gasteiger partial charge in [-0.05, 0) is 30.5 Å². The molecular weight excluding hydrogens is 311 g/mol. The highest BCUT2D eigenvalue weighted by Crippen LogP contribution is 2.26. The monoisotopic (exact) mass is 330 g/mol. The van der Waals surface area contributed by atoms with Crippen molar-refractivity contribution in [2.24, 2.45) is 0 Å². The predicted octanol–water partition coefficient (Wildman–Crippen LogP) is 2.05. The zero-order valence-electron chi connectivity index (χ0n) is 13.4. The third kappa shape index (κ3) is 3.54. The van der Waals surface area contributed by atoms with Crippen LogP contribution in [0.5, 0.6) is 0 Å². The standard InChI is InChI=1S/C17H19FN4O2/c18-14-1-2-16(20-12-14)15(11-19)13-3-5-21(6-4-13)17(23)22-7-9-24-10-8-22/h1-2,12H,3-10H2. The third-order valence-electron chi connectivity index (χ3n) is 4.37. The number of halogens is 1. The Kier molecular flexibility index (Phi) is 5.06. The lowest BCUT2D eigenvalue weighted by Crippen LogP contribution is -2.49. The predicted molar refractivity (Wildman–Crippen MR) is 85.3 cm³/mol. The average Bonchev–Trinajstić information content (AvgIpc) is 2.64. The van der Waals surface area contributed by atoms with Gasteiger partial charge < -0.3 is 14.5 Å². The molecule has 126 valence electrons. The van der Waals surface area contributed by atoms with E-state index in [0.29, 0.717) is 63.5 Å². The van der Waals surface area contributed by atoms with Crippen LogP contribution in [0.15, 0.2) is 23.9 Å². The number of carbonyl (C=O) groups excluding carboxylic acids is 1. The Bertz CT molecular complexity index is 665. The van der Waals surface area contributed by atoms with Gasteiger partial charge in [0.15, 0.2) is 0 Å². The van der Waals surface area contributed by atoms with Crippen molar-refractivity contribution in [3.8, 4) is 6.07 Å². The lowest BCUT2D eigenvalue weighted by Gasteiger charge is -2.35. The Morgan fingerprint density at radius 3 is 2.42 bits per heavy atom. The number of nitriles is 1. The summed E-state index contributed by atoms with van der Waals surface area (Å²) in [5.74, 6) is -0.424. The number of amides is 2. The number of hydrogen-bond donors (Lipinski definition) is 0. The number of nitrogens with zero attached hydrogens (tertiary/aromatic N) is 4. The van der Waals surface area contributed by atoms with Crippen LogP contribution >= 0.6 is 0 Å². The maximum atomic E-state index is 13.0. The Morgan fingerprint density at radius 1 is 1.17 bits per heavy atom. The van der Waals surface area contributed by atoms with Gasteiger partial charge in [0.2, 0.25) is 0 Å². The molecular formula is C17H19FN4O2. The van der Waals surface area contributed by atoms with Gasteiger partial charge in [-0.1, -0.05) is 0 Å². The molecule has 0 radical (unpaired) electrons. The van der Waals surface area contributed by atoms with E-state index >= 15 is 0 Å². The average molecular weight is 330 g/mol. The van der Waals surface area contributed by atoms with E-state index in [2.05, 4.69) is 11.1 Å². The molecule has 0 saturated carbocycles. The Labute approximate surface area is 140 Å². The lowest BCUT2D eigenvalue weighted by atomic mass is 9.96. The molecule has 3 heterocycles. The molecule has 0 aromatic carbocycles. The van der Waals surface area contributed by atoms with Crippen molar-refractivity contribution >= 4 is 11.6 Å². The normalized spacial score (nSPS) is 18.2. The number of piperidine rings is 1. The van der Waals surface area contributed by atoms with Crippen molar-refractivity contribution in [1.82, 2.24) is 14.8 Å². The molecule has 2 aliphatic rings. The van der Waals surface area contributed by atoms with E-state index in [-0.39, 0.29) is 6.03 Å². The number of ether oxygens (including phenoxy) is 1. The summed E-state index contributed by atoms with van der Waals surface area (Å²) in [5, 5.41) is 9.44. The Hall–Kier alpha value is -2.46. The molecule has 0 aliphatic carbocycles. The lowest BCUT2D eigenvalue weighted by molar-refractivity contribution is 0.0427. The van der Waals surface area contributed by atoms with Crippen LogP contribution in [-0.2, 0) is 4.74 Å². The second-order valence-corrected chi connectivity index (χ2v) is 5.82. The first-order valence-electron chi connectivity index (χ1n) is 8.04. The highest BCUT2D eigenvalue weighted by Gasteiger charge is 2.26. The number of allylic oxidation sites excluding steroid dienone is 1. The smallest absolute Gasteiger partial charge is 0.320 e. The van der Waals surface area contributed by atoms with Crippen molar-refractivity contribution in [2.75, 3.05) is 39.4 Å². The SMILES string of the molecule is N#CC(=C1CCN(C(=O)N2CCOCC2)CC1)c1ccc(F)cn1. The molecule has 7 heteroatoms. The molecule has 2 saturated heterocycles. The highest BCUT2D eigenvalue weighted by molar-refractivity contribution is 5.78. The van der Waals surface area contributed by atoms with Crippen LogP contribution in [0.3, 0.4) is 0 Å². The van der Waals surface area contributed by atoms with Gasteiger partial charge in [-0.15, -0.1) is 0 Å². The fraction of sp³-hybridized carbons (Fsp3) is 0.471. The van der Waals surface area contributed by atoms with E-state index in [1.807, 2.05) is 9.80 Å². The quantitative estimate of drug-likeness (QED) is 0.739. The number of rotatable bonds is 1. The number of hydrogen-bond acceptors (Lipinski definition) is 4. The van der Waals surface area contributed by atoms with Crippen LogP contribution in [-0.4, -0.2) is 60.2 Å². The van der Waals surface area contributed by atoms with Crippen LogP contribution in [0, 0.1) is 17.1 Å². The van der Waals surface area contributed by atoms with Gasteiger partial charge in [0, 0.05) is 26.2 Å². The van der Waals surface area contributed by atoms with E-state index in [1.165, 1.54) is 12.1 Å². The summed E-state index contributed by atoms with van der Waals surface area (Å²) in [5.41, 5.74) is 1.96. The minimum absolute atomic E-state index is 0.0377. The van der Waals surface area contributed by atoms with Crippen molar-refractivity contribution in [2.45, 2.75) is 12.8 Å². The summed E-state index contributed by atoms with van der Waals surface area (Å²) in [4.78, 5) is 20.1. The van der Waals surface area contributed by atoms with Gasteiger partial charge in [0.25, 0.3) is 0 Å². The van der Waals surface area contributed by atoms with Crippen molar-refractivity contribution in [3.05, 3.63) is 35.4 Å². The van der Waals surface area contributed by atoms with Crippen molar-refractivity contribution < 1.29 is 13.9 Å². The van der Waals surface area contributed by atoms with Gasteiger partial charge >= 0.3 is 6.03 Å². The minimum Gasteiger partial charge on any atom is -0.378 e. The van der Waals surface area contributed by atoms with Crippen LogP contribution in [0.25, 0.3) is 5.57 Å². The number of urea groups is 1. The summed E-state index contributed by atoms with van der Waals surface area (Å²) >= 11 is 0. The number of morpholine rings is 1. The minimum atomic E-state index is -0.424. The maximum Gasteiger partial charge on any atom is 0.320 e. The topological polar surface area (TPSA) is 69.5 Å². The second kappa shape index (κ2) is 7.41. The summed E-state index contributed by atoms with van der Waals surface area (Å²) in [6.07, 6.45) is 2.39. The van der Waals surface area contributed by atoms with E-state index in [9.17, 15) is 14.4 Å². The highest BCUT2D eigenvalue weighted by atomic mass is 19.1. The molecule has 24 heavy (non-hydrogen) atoms. The molecule has 0 atom stereocenters. The van der Waals surface area contributed by atoms with Gasteiger partial charge in [-0.2, -0.15) is 5.26 Å². The molecule has 0 bridgehead atoms. The molecule has 0 unspecified atom stereocenters. The molecule has 6 nitrogen and oxygen atoms in total. The van der Waals surface area contributed by atoms with Crippen molar-refractivity contribution in [1.29, 1.82) is 5.26 Å². The van der Waals surface area contributed by atoms with Crippen LogP contribution in [0.2, 0.25) is 0 Å². The molecule has 3 rings (SSSR count). The number of pyridine rings is 1. The number of aromatic nitrogens is 1. The largest absolute Gasteiger partial charge is 0.378 e. The van der Waals surface area contributed by atoms with Crippen LogP contribution in [0.1, 0.15) is 18.5 Å². The summed E-state index contributed by atoms with van der Waals surface area (Å²) < 4.78 is 18.3. The van der Waals surface area contributed by atoms with E-state index in [1.54, 1.807) is 0 Å². The maximum absolute atomic E-state index is 13.0. The van der Waals surface area contributed by atoms with E-state index in [0.717, 1.165) is 11.8 Å². The van der Waals surface area contributed by atoms with Gasteiger partial charge in [-0.25, -0.2) is 9.18 Å². The van der Waals surface area contributed by atoms with Crippen LogP contribution < -0.4 is 0 Å². The molecule has 2 amide bonds. The van der Waals surface area contributed by atoms with E-state index in [4.69, 9.17) is 4.74 Å². The molecule has 2 aliphatic heterocycles. The Balaban J connectivity index is 1.67. The summed E-state index contributed by atoms with van der Waals surface area (Å²) in [6.45, 7) is 3.58. The first-order chi connectivity index (χ1) is 11.7. The zero-order chi connectivity index (χ0) is 16.9. The molecule has 0 N–H and O–H groups in total. The summed E-state index contributed by atoms with van der Waals surface area (Å²) in [6, 6.07) is 5.04. The number of likely N-dealkylation sites (tertiary alicyclic amines) is 1. The van der Waals surface area contributed by atoms with Crippen molar-refractivity contribution in [3.63, 3.8) is 0 Å². The van der Waals surface area contributed by atoms with Crippen LogP contribution in [0.4, 0.5) is 9.18 Å². The molecule has 2 fully saturated rings. The Morgan fingerprint density at radius 2 is 1.83 bits per heavy atom.